The molecule has 8 heteroatoms. The number of nitrogens with zero attached hydrogens (tertiary/aromatic N) is 5. The van der Waals surface area contributed by atoms with Crippen molar-refractivity contribution in [3.05, 3.63) is 65.0 Å². The number of aliphatic hydroxyl groups is 1. The molecule has 0 amide bonds. The van der Waals surface area contributed by atoms with Gasteiger partial charge >= 0.3 is 0 Å². The first-order chi connectivity index (χ1) is 16.6. The molecule has 1 fully saturated rings. The molecule has 3 aromatic rings. The van der Waals surface area contributed by atoms with E-state index in [2.05, 4.69) is 22.0 Å². The molecule has 0 unspecified atom stereocenters. The van der Waals surface area contributed by atoms with Gasteiger partial charge in [-0.25, -0.2) is 4.98 Å². The summed E-state index contributed by atoms with van der Waals surface area (Å²) >= 11 is 1.48. The normalized spacial score (nSPS) is 12.9. The van der Waals surface area contributed by atoms with Crippen LogP contribution in [0.3, 0.4) is 0 Å². The fourth-order valence-electron chi connectivity index (χ4n) is 3.93. The van der Waals surface area contributed by atoms with Crippen LogP contribution >= 0.6 is 11.8 Å². The van der Waals surface area contributed by atoms with Gasteiger partial charge in [0.05, 0.1) is 12.2 Å². The lowest BCUT2D eigenvalue weighted by molar-refractivity contribution is 0.201. The van der Waals surface area contributed by atoms with Crippen molar-refractivity contribution in [2.24, 2.45) is 0 Å². The van der Waals surface area contributed by atoms with Crippen LogP contribution in [0.15, 0.2) is 47.6 Å². The molecule has 0 saturated carbocycles. The van der Waals surface area contributed by atoms with E-state index in [1.54, 1.807) is 12.1 Å². The summed E-state index contributed by atoms with van der Waals surface area (Å²) in [7, 11) is 0. The minimum absolute atomic E-state index is 0.0699. The summed E-state index contributed by atoms with van der Waals surface area (Å²) < 4.78 is 5.47. The molecular formula is C26H25N5O2S. The third kappa shape index (κ3) is 5.14. The summed E-state index contributed by atoms with van der Waals surface area (Å²) in [6.07, 6.45) is 3.94. The van der Waals surface area contributed by atoms with E-state index in [-0.39, 0.29) is 13.2 Å². The van der Waals surface area contributed by atoms with Gasteiger partial charge in [-0.15, -0.1) is 11.8 Å². The zero-order chi connectivity index (χ0) is 23.9. The van der Waals surface area contributed by atoms with Gasteiger partial charge in [-0.05, 0) is 49.1 Å². The lowest BCUT2D eigenvalue weighted by Gasteiger charge is -2.22. The Morgan fingerprint density at radius 2 is 1.79 bits per heavy atom. The van der Waals surface area contributed by atoms with E-state index in [9.17, 15) is 10.5 Å². The Bertz CT molecular complexity index is 1220. The van der Waals surface area contributed by atoms with E-state index in [0.29, 0.717) is 39.0 Å². The number of hydrogen-bond acceptors (Lipinski definition) is 8. The molecule has 0 radical (unpaired) electrons. The maximum absolute atomic E-state index is 10.1. The maximum Gasteiger partial charge on any atom is 0.148 e. The SMILES string of the molecule is Cc1ccc(CSc2nc(N3CCCC3)c(C#N)c(-c3ccc(OCCO)cc3)c2C#N)cn1. The van der Waals surface area contributed by atoms with E-state index >= 15 is 0 Å². The van der Waals surface area contributed by atoms with Crippen molar-refractivity contribution < 1.29 is 9.84 Å². The van der Waals surface area contributed by atoms with Gasteiger partial charge in [0.1, 0.15) is 40.9 Å². The molecule has 1 aromatic carbocycles. The minimum Gasteiger partial charge on any atom is -0.491 e. The number of ether oxygens (including phenoxy) is 1. The van der Waals surface area contributed by atoms with Crippen LogP contribution in [-0.4, -0.2) is 41.4 Å². The van der Waals surface area contributed by atoms with Crippen molar-refractivity contribution in [2.75, 3.05) is 31.2 Å². The fraction of sp³-hybridized carbons (Fsp3) is 0.308. The predicted molar refractivity (Wildman–Crippen MR) is 132 cm³/mol. The number of aliphatic hydroxyl groups excluding tert-OH is 1. The zero-order valence-electron chi connectivity index (χ0n) is 19.0. The number of aromatic nitrogens is 2. The van der Waals surface area contributed by atoms with Gasteiger partial charge in [0.15, 0.2) is 0 Å². The molecule has 1 N–H and O–H groups in total. The monoisotopic (exact) mass is 471 g/mol. The molecule has 34 heavy (non-hydrogen) atoms. The Morgan fingerprint density at radius 3 is 2.41 bits per heavy atom. The number of nitriles is 2. The topological polar surface area (TPSA) is 106 Å². The first-order valence-electron chi connectivity index (χ1n) is 11.2. The minimum atomic E-state index is -0.0699. The zero-order valence-corrected chi connectivity index (χ0v) is 19.8. The number of benzene rings is 1. The largest absolute Gasteiger partial charge is 0.491 e. The fourth-order valence-corrected chi connectivity index (χ4v) is 4.85. The molecular weight excluding hydrogens is 446 g/mol. The van der Waals surface area contributed by atoms with Crippen molar-refractivity contribution in [3.63, 3.8) is 0 Å². The molecule has 1 aliphatic heterocycles. The van der Waals surface area contributed by atoms with E-state index in [4.69, 9.17) is 14.8 Å². The molecule has 7 nitrogen and oxygen atoms in total. The Balaban J connectivity index is 1.79. The number of pyridine rings is 2. The third-order valence-corrected chi connectivity index (χ3v) is 6.67. The average molecular weight is 472 g/mol. The molecule has 172 valence electrons. The molecule has 4 rings (SSSR count). The summed E-state index contributed by atoms with van der Waals surface area (Å²) in [6.45, 7) is 3.76. The highest BCUT2D eigenvalue weighted by Crippen LogP contribution is 2.39. The van der Waals surface area contributed by atoms with Crippen molar-refractivity contribution in [1.29, 1.82) is 10.5 Å². The number of hydrogen-bond donors (Lipinski definition) is 1. The molecule has 0 aliphatic carbocycles. The Kier molecular flexibility index (Phi) is 7.64. The van der Waals surface area contributed by atoms with Gasteiger partial charge in [-0.1, -0.05) is 18.2 Å². The second kappa shape index (κ2) is 11.0. The van der Waals surface area contributed by atoms with E-state index in [0.717, 1.165) is 42.8 Å². The van der Waals surface area contributed by atoms with Crippen LogP contribution in [-0.2, 0) is 5.75 Å². The molecule has 0 atom stereocenters. The smallest absolute Gasteiger partial charge is 0.148 e. The van der Waals surface area contributed by atoms with Crippen LogP contribution in [0.25, 0.3) is 11.1 Å². The highest BCUT2D eigenvalue weighted by molar-refractivity contribution is 7.98. The number of aryl methyl sites for hydroxylation is 1. The van der Waals surface area contributed by atoms with Crippen molar-refractivity contribution >= 4 is 17.6 Å². The summed E-state index contributed by atoms with van der Waals surface area (Å²) in [4.78, 5) is 11.3. The number of rotatable bonds is 8. The van der Waals surface area contributed by atoms with Gasteiger partial charge in [0.25, 0.3) is 0 Å². The van der Waals surface area contributed by atoms with Gasteiger partial charge in [0.2, 0.25) is 0 Å². The van der Waals surface area contributed by atoms with E-state index < -0.39 is 0 Å². The molecule has 1 saturated heterocycles. The van der Waals surface area contributed by atoms with Crippen molar-refractivity contribution in [3.8, 4) is 29.0 Å². The Morgan fingerprint density at radius 1 is 1.06 bits per heavy atom. The lowest BCUT2D eigenvalue weighted by atomic mass is 9.96. The van der Waals surface area contributed by atoms with Crippen LogP contribution < -0.4 is 9.64 Å². The van der Waals surface area contributed by atoms with Gasteiger partial charge < -0.3 is 14.7 Å². The third-order valence-electron chi connectivity index (χ3n) is 5.63. The second-order valence-corrected chi connectivity index (χ2v) is 8.94. The highest BCUT2D eigenvalue weighted by atomic mass is 32.2. The summed E-state index contributed by atoms with van der Waals surface area (Å²) in [5.41, 5.74) is 4.16. The van der Waals surface area contributed by atoms with Crippen LogP contribution in [0.1, 0.15) is 35.2 Å². The van der Waals surface area contributed by atoms with E-state index in [1.807, 2.05) is 37.4 Å². The Labute approximate surface area is 203 Å². The standard InChI is InChI=1S/C26H25N5O2S/c1-18-4-5-19(16-29-18)17-34-26-23(15-28)24(20-6-8-21(9-7-20)33-13-12-32)22(14-27)25(30-26)31-10-2-3-11-31/h4-9,16,32H,2-3,10-13,17H2,1H3. The summed E-state index contributed by atoms with van der Waals surface area (Å²) in [5.74, 6) is 1.87. The molecule has 0 spiro atoms. The first kappa shape index (κ1) is 23.6. The quantitative estimate of drug-likeness (QED) is 0.480. The van der Waals surface area contributed by atoms with Gasteiger partial charge in [-0.3, -0.25) is 4.98 Å². The first-order valence-corrected chi connectivity index (χ1v) is 12.1. The molecule has 2 aromatic heterocycles. The summed E-state index contributed by atoms with van der Waals surface area (Å²) in [6, 6.07) is 15.9. The molecule has 1 aliphatic rings. The second-order valence-electron chi connectivity index (χ2n) is 7.98. The number of anilines is 1. The molecule has 3 heterocycles. The van der Waals surface area contributed by atoms with E-state index in [1.165, 1.54) is 11.8 Å². The van der Waals surface area contributed by atoms with Crippen molar-refractivity contribution in [1.82, 2.24) is 9.97 Å². The van der Waals surface area contributed by atoms with Crippen molar-refractivity contribution in [2.45, 2.75) is 30.5 Å². The summed E-state index contributed by atoms with van der Waals surface area (Å²) in [5, 5.41) is 29.9. The van der Waals surface area contributed by atoms with Crippen LogP contribution in [0.4, 0.5) is 5.82 Å². The highest BCUT2D eigenvalue weighted by Gasteiger charge is 2.26. The average Bonchev–Trinajstić information content (AvgIpc) is 3.41. The maximum atomic E-state index is 10.1. The number of thioether (sulfide) groups is 1. The van der Waals surface area contributed by atoms with Crippen LogP contribution in [0.5, 0.6) is 5.75 Å². The lowest BCUT2D eigenvalue weighted by Crippen LogP contribution is -2.21. The van der Waals surface area contributed by atoms with Crippen LogP contribution in [0, 0.1) is 29.6 Å². The van der Waals surface area contributed by atoms with Gasteiger partial charge in [0, 0.05) is 36.3 Å². The molecule has 0 bridgehead atoms. The van der Waals surface area contributed by atoms with Crippen LogP contribution in [0.2, 0.25) is 0 Å². The predicted octanol–water partition coefficient (Wildman–Crippen LogP) is 4.46. The Hall–Kier alpha value is -3.59. The van der Waals surface area contributed by atoms with Gasteiger partial charge in [-0.2, -0.15) is 10.5 Å².